The van der Waals surface area contributed by atoms with Gasteiger partial charge in [-0.25, -0.2) is 9.07 Å². The third kappa shape index (κ3) is 6.17. The summed E-state index contributed by atoms with van der Waals surface area (Å²) >= 11 is 0. The van der Waals surface area contributed by atoms with Crippen LogP contribution in [0.4, 0.5) is 15.8 Å². The van der Waals surface area contributed by atoms with Gasteiger partial charge in [-0.2, -0.15) is 0 Å². The number of hydrogen-bond acceptors (Lipinski definition) is 5. The van der Waals surface area contributed by atoms with Crippen molar-refractivity contribution in [1.29, 1.82) is 0 Å². The Morgan fingerprint density at radius 2 is 1.68 bits per heavy atom. The molecule has 1 saturated carbocycles. The highest BCUT2D eigenvalue weighted by Crippen LogP contribution is 2.31. The van der Waals surface area contributed by atoms with Gasteiger partial charge in [-0.3, -0.25) is 19.3 Å². The van der Waals surface area contributed by atoms with Crippen LogP contribution < -0.4 is 15.5 Å². The van der Waals surface area contributed by atoms with Crippen LogP contribution in [0.3, 0.4) is 0 Å². The summed E-state index contributed by atoms with van der Waals surface area (Å²) in [6.07, 6.45) is 4.92. The minimum atomic E-state index is -1.07. The molecule has 1 aromatic heterocycles. The molecule has 0 spiro atoms. The highest BCUT2D eigenvalue weighted by atomic mass is 19.1. The van der Waals surface area contributed by atoms with Gasteiger partial charge < -0.3 is 10.6 Å². The second-order valence-electron chi connectivity index (χ2n) is 10.0. The van der Waals surface area contributed by atoms with Crippen LogP contribution in [0.25, 0.3) is 11.0 Å². The number of fused-ring (bicyclic) bond motifs is 1. The van der Waals surface area contributed by atoms with E-state index in [0.717, 1.165) is 32.1 Å². The number of aromatic nitrogens is 3. The molecule has 5 rings (SSSR count). The number of nitrogens with zero attached hydrogens (tertiary/aromatic N) is 4. The summed E-state index contributed by atoms with van der Waals surface area (Å²) in [4.78, 5) is 41.0. The highest BCUT2D eigenvalue weighted by Gasteiger charge is 2.34. The van der Waals surface area contributed by atoms with Crippen molar-refractivity contribution in [3.63, 3.8) is 0 Å². The van der Waals surface area contributed by atoms with Crippen LogP contribution in [-0.4, -0.2) is 38.8 Å². The van der Waals surface area contributed by atoms with Crippen molar-refractivity contribution in [3.8, 4) is 0 Å². The van der Waals surface area contributed by atoms with E-state index in [9.17, 15) is 18.8 Å². The average molecular weight is 543 g/mol. The summed E-state index contributed by atoms with van der Waals surface area (Å²) in [5.74, 6) is -1.42. The van der Waals surface area contributed by atoms with E-state index in [2.05, 4.69) is 20.9 Å². The third-order valence-electron chi connectivity index (χ3n) is 7.08. The smallest absolute Gasteiger partial charge is 0.249 e. The topological polar surface area (TPSA) is 109 Å². The highest BCUT2D eigenvalue weighted by molar-refractivity contribution is 6.02. The quantitative estimate of drug-likeness (QED) is 0.334. The molecule has 206 valence electrons. The number of para-hydroxylation sites is 1. The Balaban J connectivity index is 1.55. The van der Waals surface area contributed by atoms with Gasteiger partial charge in [-0.1, -0.05) is 48.7 Å². The third-order valence-corrected chi connectivity index (χ3v) is 7.08. The van der Waals surface area contributed by atoms with Gasteiger partial charge in [0.1, 0.15) is 23.9 Å². The van der Waals surface area contributed by atoms with Crippen molar-refractivity contribution in [3.05, 3.63) is 84.2 Å². The maximum absolute atomic E-state index is 14.1. The van der Waals surface area contributed by atoms with Gasteiger partial charge in [-0.05, 0) is 66.9 Å². The predicted molar refractivity (Wildman–Crippen MR) is 150 cm³/mol. The minimum Gasteiger partial charge on any atom is -0.351 e. The Labute approximate surface area is 231 Å². The molecule has 1 aliphatic carbocycles. The van der Waals surface area contributed by atoms with Crippen molar-refractivity contribution in [1.82, 2.24) is 20.3 Å². The summed E-state index contributed by atoms with van der Waals surface area (Å²) in [7, 11) is 0. The van der Waals surface area contributed by atoms with Gasteiger partial charge in [0.2, 0.25) is 17.7 Å². The second kappa shape index (κ2) is 12.1. The first-order valence-electron chi connectivity index (χ1n) is 13.4. The standard InChI is InChI=1S/C30H31FN6O3/c1-20(38)32-24-15-17-25(18-16-24)37(28(39)19-36-27-10-6-5-9-26(27)34-35-36)29(21-11-13-22(31)14-12-21)30(40)33-23-7-3-2-4-8-23/h5-6,9-18,23,29H,2-4,7-8,19H2,1H3,(H,32,38)(H,33,40)/t29-/m0/s1. The monoisotopic (exact) mass is 542 g/mol. The van der Waals surface area contributed by atoms with Crippen LogP contribution in [0.1, 0.15) is 50.6 Å². The SMILES string of the molecule is CC(=O)Nc1ccc(N(C(=O)Cn2nnc3ccccc32)[C@H](C(=O)NC2CCCCC2)c2ccc(F)cc2)cc1. The van der Waals surface area contributed by atoms with Crippen LogP contribution in [0.2, 0.25) is 0 Å². The molecule has 1 heterocycles. The second-order valence-corrected chi connectivity index (χ2v) is 10.0. The zero-order valence-corrected chi connectivity index (χ0v) is 22.2. The van der Waals surface area contributed by atoms with Gasteiger partial charge in [0.25, 0.3) is 0 Å². The molecule has 10 heteroatoms. The molecule has 0 radical (unpaired) electrons. The molecular formula is C30H31FN6O3. The molecule has 40 heavy (non-hydrogen) atoms. The zero-order valence-electron chi connectivity index (χ0n) is 22.2. The number of hydrogen-bond donors (Lipinski definition) is 2. The van der Waals surface area contributed by atoms with Crippen LogP contribution >= 0.6 is 0 Å². The fourth-order valence-corrected chi connectivity index (χ4v) is 5.17. The molecule has 1 atom stereocenters. The van der Waals surface area contributed by atoms with E-state index in [4.69, 9.17) is 0 Å². The fourth-order valence-electron chi connectivity index (χ4n) is 5.17. The first-order chi connectivity index (χ1) is 19.4. The van der Waals surface area contributed by atoms with E-state index in [1.54, 1.807) is 30.3 Å². The van der Waals surface area contributed by atoms with Crippen molar-refractivity contribution in [2.24, 2.45) is 0 Å². The molecule has 9 nitrogen and oxygen atoms in total. The van der Waals surface area contributed by atoms with Gasteiger partial charge in [-0.15, -0.1) is 5.10 Å². The van der Waals surface area contributed by atoms with Crippen LogP contribution in [0.15, 0.2) is 72.8 Å². The molecule has 1 fully saturated rings. The van der Waals surface area contributed by atoms with Gasteiger partial charge in [0, 0.05) is 24.3 Å². The molecule has 0 aliphatic heterocycles. The molecule has 2 N–H and O–H groups in total. The summed E-state index contributed by atoms with van der Waals surface area (Å²) in [6, 6.07) is 18.5. The molecule has 0 saturated heterocycles. The summed E-state index contributed by atoms with van der Waals surface area (Å²) < 4.78 is 15.4. The molecule has 1 aliphatic rings. The van der Waals surface area contributed by atoms with Gasteiger partial charge in [0.15, 0.2) is 0 Å². The van der Waals surface area contributed by atoms with Crippen molar-refractivity contribution < 1.29 is 18.8 Å². The lowest BCUT2D eigenvalue weighted by molar-refractivity contribution is -0.127. The number of carbonyl (C=O) groups excluding carboxylic acids is 3. The number of halogens is 1. The maximum Gasteiger partial charge on any atom is 0.249 e. The summed E-state index contributed by atoms with van der Waals surface area (Å²) in [5.41, 5.74) is 2.79. The molecule has 4 aromatic rings. The Kier molecular flexibility index (Phi) is 8.14. The number of benzene rings is 3. The minimum absolute atomic E-state index is 0.00236. The maximum atomic E-state index is 14.1. The van der Waals surface area contributed by atoms with E-state index in [1.807, 2.05) is 18.2 Å². The molecule has 0 bridgehead atoms. The molecule has 3 aromatic carbocycles. The Morgan fingerprint density at radius 3 is 2.38 bits per heavy atom. The van der Waals surface area contributed by atoms with Crippen molar-refractivity contribution in [2.75, 3.05) is 10.2 Å². The van der Waals surface area contributed by atoms with E-state index in [0.29, 0.717) is 28.0 Å². The first kappa shape index (κ1) is 27.0. The molecule has 3 amide bonds. The Bertz CT molecular complexity index is 1500. The average Bonchev–Trinajstić information content (AvgIpc) is 3.35. The van der Waals surface area contributed by atoms with E-state index in [-0.39, 0.29) is 24.4 Å². The van der Waals surface area contributed by atoms with Gasteiger partial charge >= 0.3 is 0 Å². The number of rotatable bonds is 8. The van der Waals surface area contributed by atoms with E-state index in [1.165, 1.54) is 40.8 Å². The Hall–Kier alpha value is -4.60. The lowest BCUT2D eigenvalue weighted by atomic mass is 9.94. The number of anilines is 2. The molecular weight excluding hydrogens is 511 g/mol. The first-order valence-corrected chi connectivity index (χ1v) is 13.4. The van der Waals surface area contributed by atoms with Crippen molar-refractivity contribution >= 4 is 40.1 Å². The number of amides is 3. The van der Waals surface area contributed by atoms with E-state index >= 15 is 0 Å². The Morgan fingerprint density at radius 1 is 0.975 bits per heavy atom. The fraction of sp³-hybridized carbons (Fsp3) is 0.300. The van der Waals surface area contributed by atoms with Gasteiger partial charge in [0.05, 0.1) is 5.52 Å². The number of carbonyl (C=O) groups is 3. The van der Waals surface area contributed by atoms with Crippen LogP contribution in [0, 0.1) is 5.82 Å². The lowest BCUT2D eigenvalue weighted by Gasteiger charge is -2.33. The predicted octanol–water partition coefficient (Wildman–Crippen LogP) is 4.75. The molecule has 0 unspecified atom stereocenters. The van der Waals surface area contributed by atoms with Crippen LogP contribution in [-0.2, 0) is 20.9 Å². The van der Waals surface area contributed by atoms with Crippen LogP contribution in [0.5, 0.6) is 0 Å². The normalized spacial score (nSPS) is 14.4. The largest absolute Gasteiger partial charge is 0.351 e. The van der Waals surface area contributed by atoms with Crippen molar-refractivity contribution in [2.45, 2.75) is 57.7 Å². The van der Waals surface area contributed by atoms with E-state index < -0.39 is 17.8 Å². The summed E-state index contributed by atoms with van der Waals surface area (Å²) in [6.45, 7) is 1.23. The summed E-state index contributed by atoms with van der Waals surface area (Å²) in [5, 5.41) is 14.2. The number of nitrogens with one attached hydrogen (secondary N) is 2. The lowest BCUT2D eigenvalue weighted by Crippen LogP contribution is -2.48. The zero-order chi connectivity index (χ0) is 28.1.